The van der Waals surface area contributed by atoms with Crippen LogP contribution in [-0.2, 0) is 4.74 Å². The topological polar surface area (TPSA) is 32.8 Å². The van der Waals surface area contributed by atoms with Gasteiger partial charge in [-0.3, -0.25) is 9.80 Å². The third-order valence-corrected chi connectivity index (χ3v) is 7.11. The summed E-state index contributed by atoms with van der Waals surface area (Å²) in [5.74, 6) is 0.517. The lowest BCUT2D eigenvalue weighted by Gasteiger charge is -2.49. The Morgan fingerprint density at radius 2 is 1.84 bits per heavy atom. The number of carbonyl (C=O) groups excluding carboxylic acids is 1. The number of anilines is 1. The zero-order valence-corrected chi connectivity index (χ0v) is 15.2. The summed E-state index contributed by atoms with van der Waals surface area (Å²) in [5.41, 5.74) is 2.17. The summed E-state index contributed by atoms with van der Waals surface area (Å²) in [6.07, 6.45) is 2.13. The van der Waals surface area contributed by atoms with Gasteiger partial charge < -0.3 is 4.74 Å². The monoisotopic (exact) mass is 354 g/mol. The van der Waals surface area contributed by atoms with Crippen molar-refractivity contribution in [1.29, 1.82) is 0 Å². The third kappa shape index (κ3) is 2.49. The van der Waals surface area contributed by atoms with E-state index in [9.17, 15) is 4.79 Å². The molecule has 4 aliphatic rings. The number of carbonyl (C=O) groups is 1. The maximum Gasteiger partial charge on any atom is 0.415 e. The van der Waals surface area contributed by atoms with Crippen LogP contribution in [0.25, 0.3) is 10.4 Å². The zero-order valence-electron chi connectivity index (χ0n) is 14.4. The van der Waals surface area contributed by atoms with Gasteiger partial charge in [-0.15, -0.1) is 11.3 Å². The highest BCUT2D eigenvalue weighted by molar-refractivity contribution is 7.19. The van der Waals surface area contributed by atoms with Crippen molar-refractivity contribution in [3.63, 3.8) is 0 Å². The number of aryl methyl sites for hydroxylation is 1. The van der Waals surface area contributed by atoms with Crippen LogP contribution >= 0.6 is 11.3 Å². The van der Waals surface area contributed by atoms with E-state index in [2.05, 4.69) is 48.2 Å². The van der Waals surface area contributed by atoms with Crippen LogP contribution in [0.2, 0.25) is 0 Å². The molecule has 2 bridgehead atoms. The molecule has 0 N–H and O–H groups in total. The van der Waals surface area contributed by atoms with Crippen molar-refractivity contribution in [2.24, 2.45) is 5.92 Å². The smallest absolute Gasteiger partial charge is 0.415 e. The summed E-state index contributed by atoms with van der Waals surface area (Å²) < 4.78 is 5.97. The lowest BCUT2D eigenvalue weighted by Crippen LogP contribution is -2.61. The molecule has 1 spiro atoms. The van der Waals surface area contributed by atoms with Gasteiger partial charge in [-0.2, -0.15) is 0 Å². The van der Waals surface area contributed by atoms with E-state index in [1.165, 1.54) is 16.0 Å². The van der Waals surface area contributed by atoms with Gasteiger partial charge in [0.25, 0.3) is 0 Å². The van der Waals surface area contributed by atoms with Crippen molar-refractivity contribution in [1.82, 2.24) is 4.90 Å². The predicted molar refractivity (Wildman–Crippen MR) is 100 cm³/mol. The molecule has 5 heterocycles. The molecule has 1 aromatic heterocycles. The zero-order chi connectivity index (χ0) is 17.0. The number of benzene rings is 1. The molecule has 130 valence electrons. The Labute approximate surface area is 152 Å². The Hall–Kier alpha value is -1.85. The van der Waals surface area contributed by atoms with Gasteiger partial charge in [0.1, 0.15) is 10.6 Å². The van der Waals surface area contributed by atoms with Gasteiger partial charge in [0.05, 0.1) is 6.54 Å². The van der Waals surface area contributed by atoms with Gasteiger partial charge in [-0.25, -0.2) is 4.79 Å². The minimum Gasteiger partial charge on any atom is -0.439 e. The summed E-state index contributed by atoms with van der Waals surface area (Å²) in [4.78, 5) is 18.1. The lowest BCUT2D eigenvalue weighted by molar-refractivity contribution is -0.0881. The second kappa shape index (κ2) is 5.58. The van der Waals surface area contributed by atoms with Crippen LogP contribution in [0.4, 0.5) is 9.80 Å². The highest BCUT2D eigenvalue weighted by Gasteiger charge is 2.55. The normalized spacial score (nSPS) is 30.9. The molecule has 1 atom stereocenters. The minimum absolute atomic E-state index is 0.175. The number of ether oxygens (including phenoxy) is 1. The average molecular weight is 354 g/mol. The van der Waals surface area contributed by atoms with E-state index in [1.807, 2.05) is 4.90 Å². The van der Waals surface area contributed by atoms with E-state index in [-0.39, 0.29) is 11.7 Å². The minimum atomic E-state index is -0.290. The number of piperidine rings is 3. The lowest BCUT2D eigenvalue weighted by atomic mass is 9.75. The molecule has 0 aliphatic carbocycles. The molecular weight excluding hydrogens is 332 g/mol. The Bertz CT molecular complexity index is 807. The third-order valence-electron chi connectivity index (χ3n) is 5.95. The molecule has 25 heavy (non-hydrogen) atoms. The summed E-state index contributed by atoms with van der Waals surface area (Å²) in [7, 11) is 0. The maximum atomic E-state index is 12.6. The van der Waals surface area contributed by atoms with E-state index in [1.54, 1.807) is 11.3 Å². The number of rotatable bonds is 2. The molecule has 0 saturated carbocycles. The summed E-state index contributed by atoms with van der Waals surface area (Å²) in [5, 5.41) is 0.994. The molecular formula is C20H22N2O2S. The predicted octanol–water partition coefficient (Wildman–Crippen LogP) is 4.14. The molecule has 6 rings (SSSR count). The number of thiophene rings is 1. The van der Waals surface area contributed by atoms with E-state index in [0.717, 1.165) is 37.5 Å². The number of hydrogen-bond acceptors (Lipinski definition) is 4. The molecule has 5 heteroatoms. The van der Waals surface area contributed by atoms with Crippen LogP contribution in [0.15, 0.2) is 36.4 Å². The van der Waals surface area contributed by atoms with Crippen molar-refractivity contribution in [2.45, 2.75) is 25.4 Å². The number of amides is 1. The van der Waals surface area contributed by atoms with Crippen LogP contribution in [0, 0.1) is 12.8 Å². The fourth-order valence-corrected chi connectivity index (χ4v) is 5.53. The van der Waals surface area contributed by atoms with Gasteiger partial charge >= 0.3 is 6.09 Å². The summed E-state index contributed by atoms with van der Waals surface area (Å²) in [6.45, 7) is 6.00. The standard InChI is InChI=1S/C20H22N2O2S/c1-14-2-4-15(5-3-14)17-6-7-18(25-17)22-13-20(24-19(22)23)12-21-10-8-16(20)9-11-21/h2-7,16H,8-13H2,1H3/t20-/m1/s1. The fourth-order valence-electron chi connectivity index (χ4n) is 4.53. The van der Waals surface area contributed by atoms with Gasteiger partial charge in [0, 0.05) is 17.3 Å². The van der Waals surface area contributed by atoms with Gasteiger partial charge in [-0.1, -0.05) is 29.8 Å². The molecule has 4 saturated heterocycles. The number of fused-ring (bicyclic) bond motifs is 2. The molecule has 4 aliphatic heterocycles. The van der Waals surface area contributed by atoms with Crippen LogP contribution in [0.1, 0.15) is 18.4 Å². The highest BCUT2D eigenvalue weighted by Crippen LogP contribution is 2.45. The van der Waals surface area contributed by atoms with Gasteiger partial charge in [0.15, 0.2) is 0 Å². The number of nitrogens with zero attached hydrogens (tertiary/aromatic N) is 2. The van der Waals surface area contributed by atoms with Crippen LogP contribution in [0.5, 0.6) is 0 Å². The van der Waals surface area contributed by atoms with Crippen LogP contribution < -0.4 is 4.90 Å². The highest BCUT2D eigenvalue weighted by atomic mass is 32.1. The van der Waals surface area contributed by atoms with Crippen LogP contribution in [0.3, 0.4) is 0 Å². The molecule has 1 amide bonds. The SMILES string of the molecule is Cc1ccc(-c2ccc(N3C[C@@]4(CN5CCC4CC5)OC3=O)s2)cc1. The largest absolute Gasteiger partial charge is 0.439 e. The number of hydrogen-bond donors (Lipinski definition) is 0. The molecule has 1 aromatic carbocycles. The van der Waals surface area contributed by atoms with Crippen molar-refractivity contribution in [2.75, 3.05) is 31.1 Å². The summed E-state index contributed by atoms with van der Waals surface area (Å²) >= 11 is 1.67. The fraction of sp³-hybridized carbons (Fsp3) is 0.450. The van der Waals surface area contributed by atoms with E-state index < -0.39 is 0 Å². The van der Waals surface area contributed by atoms with Crippen LogP contribution in [-0.4, -0.2) is 42.8 Å². The Morgan fingerprint density at radius 1 is 1.08 bits per heavy atom. The molecule has 0 radical (unpaired) electrons. The van der Waals surface area contributed by atoms with Gasteiger partial charge in [0.2, 0.25) is 0 Å². The maximum absolute atomic E-state index is 12.6. The molecule has 4 fully saturated rings. The first-order valence-electron chi connectivity index (χ1n) is 9.03. The second-order valence-corrected chi connectivity index (χ2v) is 8.64. The Morgan fingerprint density at radius 3 is 2.52 bits per heavy atom. The molecule has 2 aromatic rings. The first-order valence-corrected chi connectivity index (χ1v) is 9.84. The second-order valence-electron chi connectivity index (χ2n) is 7.57. The van der Waals surface area contributed by atoms with E-state index in [4.69, 9.17) is 4.74 Å². The molecule has 0 unspecified atom stereocenters. The first-order chi connectivity index (χ1) is 12.1. The Kier molecular flexibility index (Phi) is 3.44. The average Bonchev–Trinajstić information content (AvgIpc) is 3.22. The molecule has 4 nitrogen and oxygen atoms in total. The summed E-state index contributed by atoms with van der Waals surface area (Å²) in [6, 6.07) is 12.7. The van der Waals surface area contributed by atoms with Crippen molar-refractivity contribution in [3.8, 4) is 10.4 Å². The Balaban J connectivity index is 1.41. The van der Waals surface area contributed by atoms with Gasteiger partial charge in [-0.05, 0) is 50.6 Å². The van der Waals surface area contributed by atoms with Crippen molar-refractivity contribution in [3.05, 3.63) is 42.0 Å². The first kappa shape index (κ1) is 15.4. The quantitative estimate of drug-likeness (QED) is 0.812. The van der Waals surface area contributed by atoms with Crippen molar-refractivity contribution >= 4 is 22.4 Å². The van der Waals surface area contributed by atoms with E-state index >= 15 is 0 Å². The van der Waals surface area contributed by atoms with E-state index in [0.29, 0.717) is 12.5 Å². The van der Waals surface area contributed by atoms with Crippen molar-refractivity contribution < 1.29 is 9.53 Å².